The highest BCUT2D eigenvalue weighted by Gasteiger charge is 2.22. The number of hydrogen-bond acceptors (Lipinski definition) is 2. The van der Waals surface area contributed by atoms with Crippen LogP contribution in [0, 0.1) is 5.82 Å². The van der Waals surface area contributed by atoms with Crippen LogP contribution < -0.4 is 10.2 Å². The molecule has 0 amide bonds. The lowest BCUT2D eigenvalue weighted by Crippen LogP contribution is -2.33. The summed E-state index contributed by atoms with van der Waals surface area (Å²) in [5, 5.41) is 3.43. The van der Waals surface area contributed by atoms with E-state index in [0.29, 0.717) is 12.1 Å². The van der Waals surface area contributed by atoms with Gasteiger partial charge in [0.25, 0.3) is 0 Å². The van der Waals surface area contributed by atoms with Crippen molar-refractivity contribution in [2.24, 2.45) is 0 Å². The third-order valence-corrected chi connectivity index (χ3v) is 4.69. The summed E-state index contributed by atoms with van der Waals surface area (Å²) in [6.07, 6.45) is 8.82. The number of nitrogens with one attached hydrogen (secondary N) is 1. The van der Waals surface area contributed by atoms with Gasteiger partial charge in [-0.3, -0.25) is 0 Å². The summed E-state index contributed by atoms with van der Waals surface area (Å²) in [5.41, 5.74) is 1.81. The molecule has 0 aliphatic heterocycles. The molecule has 0 atom stereocenters. The maximum Gasteiger partial charge on any atom is 0.146 e. The number of benzene rings is 1. The molecule has 20 heavy (non-hydrogen) atoms. The van der Waals surface area contributed by atoms with Gasteiger partial charge in [-0.05, 0) is 43.4 Å². The molecule has 0 unspecified atom stereocenters. The normalized spacial score (nSPS) is 20.1. The molecule has 0 bridgehead atoms. The van der Waals surface area contributed by atoms with Crippen molar-refractivity contribution in [2.45, 2.75) is 63.6 Å². The highest BCUT2D eigenvalue weighted by atomic mass is 19.1. The predicted octanol–water partition coefficient (Wildman–Crippen LogP) is 3.85. The van der Waals surface area contributed by atoms with Gasteiger partial charge in [-0.25, -0.2) is 4.39 Å². The van der Waals surface area contributed by atoms with E-state index in [-0.39, 0.29) is 5.82 Å². The fourth-order valence-corrected chi connectivity index (χ4v) is 3.16. The van der Waals surface area contributed by atoms with E-state index < -0.39 is 0 Å². The summed E-state index contributed by atoms with van der Waals surface area (Å²) in [7, 11) is 2.04. The molecule has 0 saturated heterocycles. The summed E-state index contributed by atoms with van der Waals surface area (Å²) in [4.78, 5) is 2.15. The number of nitrogens with zero attached hydrogens (tertiary/aromatic N) is 1. The Kier molecular flexibility index (Phi) is 4.25. The van der Waals surface area contributed by atoms with E-state index in [1.807, 2.05) is 13.1 Å². The van der Waals surface area contributed by atoms with E-state index in [2.05, 4.69) is 16.3 Å². The van der Waals surface area contributed by atoms with Gasteiger partial charge in [0.05, 0.1) is 5.69 Å². The Morgan fingerprint density at radius 1 is 1.15 bits per heavy atom. The molecule has 110 valence electrons. The molecule has 2 aliphatic carbocycles. The number of hydrogen-bond donors (Lipinski definition) is 1. The Labute approximate surface area is 121 Å². The first-order chi connectivity index (χ1) is 9.74. The average Bonchev–Trinajstić information content (AvgIpc) is 3.30. The van der Waals surface area contributed by atoms with E-state index in [1.165, 1.54) is 44.9 Å². The van der Waals surface area contributed by atoms with Crippen LogP contribution in [0.1, 0.15) is 50.5 Å². The molecule has 2 saturated carbocycles. The van der Waals surface area contributed by atoms with Crippen LogP contribution in [0.5, 0.6) is 0 Å². The van der Waals surface area contributed by atoms with Crippen molar-refractivity contribution in [2.75, 3.05) is 11.9 Å². The maximum atomic E-state index is 14.3. The summed E-state index contributed by atoms with van der Waals surface area (Å²) in [5.74, 6) is -0.0758. The minimum atomic E-state index is -0.0758. The highest BCUT2D eigenvalue weighted by Crippen LogP contribution is 2.28. The van der Waals surface area contributed by atoms with Gasteiger partial charge in [-0.1, -0.05) is 25.3 Å². The second kappa shape index (κ2) is 6.13. The SMILES string of the molecule is CN(c1ccc(CNC2CC2)cc1F)C1CCCCC1. The fraction of sp³-hybridized carbons (Fsp3) is 0.647. The predicted molar refractivity (Wildman–Crippen MR) is 81.5 cm³/mol. The lowest BCUT2D eigenvalue weighted by atomic mass is 9.94. The van der Waals surface area contributed by atoms with Crippen molar-refractivity contribution in [3.63, 3.8) is 0 Å². The molecule has 0 heterocycles. The monoisotopic (exact) mass is 276 g/mol. The second-order valence-electron chi connectivity index (χ2n) is 6.34. The minimum absolute atomic E-state index is 0.0758. The van der Waals surface area contributed by atoms with E-state index in [9.17, 15) is 4.39 Å². The number of halogens is 1. The summed E-state index contributed by atoms with van der Waals surface area (Å²) >= 11 is 0. The molecule has 1 aromatic carbocycles. The first-order valence-electron chi connectivity index (χ1n) is 7.98. The Morgan fingerprint density at radius 3 is 2.55 bits per heavy atom. The molecule has 0 aromatic heterocycles. The van der Waals surface area contributed by atoms with Crippen LogP contribution in [-0.2, 0) is 6.54 Å². The summed E-state index contributed by atoms with van der Waals surface area (Å²) < 4.78 is 14.3. The Hall–Kier alpha value is -1.09. The summed E-state index contributed by atoms with van der Waals surface area (Å²) in [6.45, 7) is 0.787. The van der Waals surface area contributed by atoms with Gasteiger partial charge < -0.3 is 10.2 Å². The van der Waals surface area contributed by atoms with E-state index in [4.69, 9.17) is 0 Å². The van der Waals surface area contributed by atoms with Crippen molar-refractivity contribution in [3.05, 3.63) is 29.6 Å². The quantitative estimate of drug-likeness (QED) is 0.879. The largest absolute Gasteiger partial charge is 0.369 e. The summed E-state index contributed by atoms with van der Waals surface area (Å²) in [6, 6.07) is 6.89. The molecule has 3 rings (SSSR count). The molecule has 1 N–H and O–H groups in total. The van der Waals surface area contributed by atoms with Gasteiger partial charge in [-0.15, -0.1) is 0 Å². The maximum absolute atomic E-state index is 14.3. The molecule has 3 heteroatoms. The molecule has 0 spiro atoms. The Balaban J connectivity index is 1.65. The van der Waals surface area contributed by atoms with Gasteiger partial charge in [0, 0.05) is 25.7 Å². The van der Waals surface area contributed by atoms with Crippen molar-refractivity contribution in [3.8, 4) is 0 Å². The molecule has 0 radical (unpaired) electrons. The topological polar surface area (TPSA) is 15.3 Å². The van der Waals surface area contributed by atoms with Crippen molar-refractivity contribution in [1.82, 2.24) is 5.32 Å². The van der Waals surface area contributed by atoms with Gasteiger partial charge >= 0.3 is 0 Å². The van der Waals surface area contributed by atoms with Crippen LogP contribution in [-0.4, -0.2) is 19.1 Å². The van der Waals surface area contributed by atoms with Crippen LogP contribution in [0.15, 0.2) is 18.2 Å². The molecular weight excluding hydrogens is 251 g/mol. The third-order valence-electron chi connectivity index (χ3n) is 4.69. The standard InChI is InChI=1S/C17H25FN2/c1-20(15-5-3-2-4-6-15)17-10-7-13(11-16(17)18)12-19-14-8-9-14/h7,10-11,14-15,19H,2-6,8-9,12H2,1H3. The average molecular weight is 276 g/mol. The van der Waals surface area contributed by atoms with Crippen molar-refractivity contribution >= 4 is 5.69 Å². The van der Waals surface area contributed by atoms with Crippen LogP contribution in [0.2, 0.25) is 0 Å². The zero-order valence-electron chi connectivity index (χ0n) is 12.4. The smallest absolute Gasteiger partial charge is 0.146 e. The molecule has 2 aliphatic rings. The molecular formula is C17H25FN2. The van der Waals surface area contributed by atoms with Crippen LogP contribution >= 0.6 is 0 Å². The number of anilines is 1. The van der Waals surface area contributed by atoms with Crippen molar-refractivity contribution in [1.29, 1.82) is 0 Å². The van der Waals surface area contributed by atoms with Gasteiger partial charge in [-0.2, -0.15) is 0 Å². The van der Waals surface area contributed by atoms with Crippen LogP contribution in [0.4, 0.5) is 10.1 Å². The second-order valence-corrected chi connectivity index (χ2v) is 6.34. The van der Waals surface area contributed by atoms with E-state index in [0.717, 1.165) is 17.8 Å². The molecule has 2 fully saturated rings. The minimum Gasteiger partial charge on any atom is -0.369 e. The first kappa shape index (κ1) is 13.9. The zero-order chi connectivity index (χ0) is 13.9. The lowest BCUT2D eigenvalue weighted by Gasteiger charge is -2.33. The Bertz CT molecular complexity index is 450. The Morgan fingerprint density at radius 2 is 1.90 bits per heavy atom. The molecule has 1 aromatic rings. The van der Waals surface area contributed by atoms with Crippen LogP contribution in [0.3, 0.4) is 0 Å². The van der Waals surface area contributed by atoms with Crippen molar-refractivity contribution < 1.29 is 4.39 Å². The number of rotatable bonds is 5. The van der Waals surface area contributed by atoms with Gasteiger partial charge in [0.2, 0.25) is 0 Å². The highest BCUT2D eigenvalue weighted by molar-refractivity contribution is 5.49. The van der Waals surface area contributed by atoms with Crippen LogP contribution in [0.25, 0.3) is 0 Å². The fourth-order valence-electron chi connectivity index (χ4n) is 3.16. The van der Waals surface area contributed by atoms with E-state index >= 15 is 0 Å². The molecule has 2 nitrogen and oxygen atoms in total. The zero-order valence-corrected chi connectivity index (χ0v) is 12.4. The van der Waals surface area contributed by atoms with Gasteiger partial charge in [0.1, 0.15) is 5.82 Å². The first-order valence-corrected chi connectivity index (χ1v) is 7.98. The van der Waals surface area contributed by atoms with E-state index in [1.54, 1.807) is 6.07 Å². The van der Waals surface area contributed by atoms with Gasteiger partial charge in [0.15, 0.2) is 0 Å². The lowest BCUT2D eigenvalue weighted by molar-refractivity contribution is 0.424. The third kappa shape index (κ3) is 3.32.